The van der Waals surface area contributed by atoms with Crippen molar-refractivity contribution in [2.45, 2.75) is 13.5 Å². The molecule has 19 heavy (non-hydrogen) atoms. The number of nitrogens with zero attached hydrogens (tertiary/aromatic N) is 3. The highest BCUT2D eigenvalue weighted by Gasteiger charge is 2.12. The van der Waals surface area contributed by atoms with Crippen LogP contribution in [0.15, 0.2) is 43.0 Å². The van der Waals surface area contributed by atoms with E-state index in [-0.39, 0.29) is 5.84 Å². The summed E-state index contributed by atoms with van der Waals surface area (Å²) in [5.74, 6) is 0.0607. The Morgan fingerprint density at radius 1 is 1.21 bits per heavy atom. The number of anilines is 1. The number of hydrogen-bond acceptors (Lipinski definition) is 4. The second kappa shape index (κ2) is 5.95. The maximum absolute atomic E-state index is 7.64. The highest BCUT2D eigenvalue weighted by molar-refractivity contribution is 6.00. The van der Waals surface area contributed by atoms with Crippen LogP contribution in [0.2, 0.25) is 0 Å². The van der Waals surface area contributed by atoms with Crippen molar-refractivity contribution >= 4 is 11.5 Å². The fraction of sp³-hybridized carbons (Fsp3) is 0.214. The molecule has 0 aliphatic rings. The third-order valence-electron chi connectivity index (χ3n) is 2.94. The van der Waals surface area contributed by atoms with E-state index in [0.717, 1.165) is 24.3 Å². The standard InChI is InChI=1S/C14H17N5/c1-2-19(10-11-3-6-17-7-4-11)13-9-18-8-5-12(13)14(15)16/h3-9H,2,10H2,1H3,(H3,15,16). The molecule has 0 aliphatic carbocycles. The summed E-state index contributed by atoms with van der Waals surface area (Å²) in [6.45, 7) is 3.62. The van der Waals surface area contributed by atoms with Crippen molar-refractivity contribution < 1.29 is 0 Å². The van der Waals surface area contributed by atoms with Gasteiger partial charge in [-0.1, -0.05) is 0 Å². The van der Waals surface area contributed by atoms with Gasteiger partial charge in [-0.2, -0.15) is 0 Å². The molecule has 2 heterocycles. The Kier molecular flexibility index (Phi) is 4.07. The first-order valence-corrected chi connectivity index (χ1v) is 6.14. The summed E-state index contributed by atoms with van der Waals surface area (Å²) >= 11 is 0. The molecule has 2 aromatic heterocycles. The molecular formula is C14H17N5. The second-order valence-corrected chi connectivity index (χ2v) is 4.18. The van der Waals surface area contributed by atoms with Crippen LogP contribution in [0.5, 0.6) is 0 Å². The second-order valence-electron chi connectivity index (χ2n) is 4.18. The van der Waals surface area contributed by atoms with Crippen LogP contribution in [0.1, 0.15) is 18.1 Å². The molecule has 0 saturated heterocycles. The summed E-state index contributed by atoms with van der Waals surface area (Å²) in [4.78, 5) is 10.3. The molecule has 2 rings (SSSR count). The number of pyridine rings is 2. The molecular weight excluding hydrogens is 238 g/mol. The molecule has 0 unspecified atom stereocenters. The Morgan fingerprint density at radius 3 is 2.53 bits per heavy atom. The summed E-state index contributed by atoms with van der Waals surface area (Å²) < 4.78 is 0. The topological polar surface area (TPSA) is 78.9 Å². The van der Waals surface area contributed by atoms with Gasteiger partial charge in [0.15, 0.2) is 0 Å². The SMILES string of the molecule is CCN(Cc1ccncc1)c1cnccc1C(=N)N. The van der Waals surface area contributed by atoms with Crippen molar-refractivity contribution in [3.05, 3.63) is 54.1 Å². The fourth-order valence-electron chi connectivity index (χ4n) is 1.94. The van der Waals surface area contributed by atoms with E-state index in [1.807, 2.05) is 12.1 Å². The van der Waals surface area contributed by atoms with Crippen LogP contribution in [0.25, 0.3) is 0 Å². The summed E-state index contributed by atoms with van der Waals surface area (Å²) in [6, 6.07) is 5.73. The Balaban J connectivity index is 2.30. The van der Waals surface area contributed by atoms with E-state index >= 15 is 0 Å². The van der Waals surface area contributed by atoms with Crippen molar-refractivity contribution in [3.8, 4) is 0 Å². The van der Waals surface area contributed by atoms with Gasteiger partial charge in [-0.25, -0.2) is 0 Å². The smallest absolute Gasteiger partial charge is 0.125 e. The van der Waals surface area contributed by atoms with E-state index in [0.29, 0.717) is 5.56 Å². The number of aromatic nitrogens is 2. The van der Waals surface area contributed by atoms with Crippen LogP contribution in [-0.2, 0) is 6.54 Å². The van der Waals surface area contributed by atoms with Crippen LogP contribution in [0.4, 0.5) is 5.69 Å². The lowest BCUT2D eigenvalue weighted by atomic mass is 10.1. The van der Waals surface area contributed by atoms with E-state index in [4.69, 9.17) is 11.1 Å². The van der Waals surface area contributed by atoms with E-state index in [9.17, 15) is 0 Å². The van der Waals surface area contributed by atoms with Gasteiger partial charge in [-0.3, -0.25) is 15.4 Å². The molecule has 0 fully saturated rings. The van der Waals surface area contributed by atoms with Crippen LogP contribution < -0.4 is 10.6 Å². The highest BCUT2D eigenvalue weighted by atomic mass is 15.1. The van der Waals surface area contributed by atoms with Gasteiger partial charge in [0.2, 0.25) is 0 Å². The van der Waals surface area contributed by atoms with Gasteiger partial charge in [0.1, 0.15) is 5.84 Å². The molecule has 3 N–H and O–H groups in total. The third-order valence-corrected chi connectivity index (χ3v) is 2.94. The van der Waals surface area contributed by atoms with E-state index in [2.05, 4.69) is 21.8 Å². The largest absolute Gasteiger partial charge is 0.384 e. The predicted molar refractivity (Wildman–Crippen MR) is 76.2 cm³/mol. The summed E-state index contributed by atoms with van der Waals surface area (Å²) in [5.41, 5.74) is 8.38. The molecule has 98 valence electrons. The monoisotopic (exact) mass is 255 g/mol. The average Bonchev–Trinajstić information content (AvgIpc) is 2.46. The average molecular weight is 255 g/mol. The van der Waals surface area contributed by atoms with Crippen molar-refractivity contribution in [1.82, 2.24) is 9.97 Å². The third kappa shape index (κ3) is 3.07. The normalized spacial score (nSPS) is 10.2. The summed E-state index contributed by atoms with van der Waals surface area (Å²) in [5, 5.41) is 7.64. The minimum Gasteiger partial charge on any atom is -0.384 e. The molecule has 0 spiro atoms. The molecule has 0 bridgehead atoms. The minimum absolute atomic E-state index is 0.0607. The van der Waals surface area contributed by atoms with E-state index in [1.165, 1.54) is 0 Å². The van der Waals surface area contributed by atoms with Crippen molar-refractivity contribution in [3.63, 3.8) is 0 Å². The Labute approximate surface area is 112 Å². The van der Waals surface area contributed by atoms with E-state index in [1.54, 1.807) is 30.9 Å². The number of nitrogen functional groups attached to an aromatic ring is 1. The molecule has 0 atom stereocenters. The number of nitrogens with one attached hydrogen (secondary N) is 1. The Morgan fingerprint density at radius 2 is 1.89 bits per heavy atom. The number of rotatable bonds is 5. The van der Waals surface area contributed by atoms with E-state index < -0.39 is 0 Å². The zero-order valence-electron chi connectivity index (χ0n) is 10.9. The molecule has 5 nitrogen and oxygen atoms in total. The zero-order chi connectivity index (χ0) is 13.7. The maximum atomic E-state index is 7.64. The maximum Gasteiger partial charge on any atom is 0.125 e. The molecule has 0 amide bonds. The molecule has 0 radical (unpaired) electrons. The lowest BCUT2D eigenvalue weighted by Gasteiger charge is -2.25. The number of hydrogen-bond donors (Lipinski definition) is 2. The van der Waals surface area contributed by atoms with Gasteiger partial charge >= 0.3 is 0 Å². The predicted octanol–water partition coefficient (Wildman–Crippen LogP) is 1.79. The van der Waals surface area contributed by atoms with Gasteiger partial charge in [0.25, 0.3) is 0 Å². The number of nitrogens with two attached hydrogens (primary N) is 1. The quantitative estimate of drug-likeness (QED) is 0.630. The van der Waals surface area contributed by atoms with Crippen LogP contribution in [0.3, 0.4) is 0 Å². The summed E-state index contributed by atoms with van der Waals surface area (Å²) in [7, 11) is 0. The van der Waals surface area contributed by atoms with Gasteiger partial charge in [0.05, 0.1) is 11.9 Å². The first-order chi connectivity index (χ1) is 9.22. The lowest BCUT2D eigenvalue weighted by molar-refractivity contribution is 0.826. The van der Waals surface area contributed by atoms with Gasteiger partial charge in [0, 0.05) is 37.2 Å². The molecule has 0 aliphatic heterocycles. The lowest BCUT2D eigenvalue weighted by Crippen LogP contribution is -2.26. The first kappa shape index (κ1) is 13.0. The van der Waals surface area contributed by atoms with Gasteiger partial charge < -0.3 is 10.6 Å². The zero-order valence-corrected chi connectivity index (χ0v) is 10.9. The van der Waals surface area contributed by atoms with Crippen LogP contribution in [0, 0.1) is 5.41 Å². The Bertz CT molecular complexity index is 553. The van der Waals surface area contributed by atoms with Gasteiger partial charge in [-0.15, -0.1) is 0 Å². The minimum atomic E-state index is 0.0607. The fourth-order valence-corrected chi connectivity index (χ4v) is 1.94. The molecule has 0 aromatic carbocycles. The van der Waals surface area contributed by atoms with Crippen LogP contribution in [-0.4, -0.2) is 22.3 Å². The first-order valence-electron chi connectivity index (χ1n) is 6.14. The summed E-state index contributed by atoms with van der Waals surface area (Å²) in [6.07, 6.45) is 6.96. The van der Waals surface area contributed by atoms with Crippen molar-refractivity contribution in [1.29, 1.82) is 5.41 Å². The molecule has 0 saturated carbocycles. The van der Waals surface area contributed by atoms with Gasteiger partial charge in [-0.05, 0) is 30.7 Å². The Hall–Kier alpha value is -2.43. The van der Waals surface area contributed by atoms with Crippen LogP contribution >= 0.6 is 0 Å². The molecule has 2 aromatic rings. The highest BCUT2D eigenvalue weighted by Crippen LogP contribution is 2.20. The van der Waals surface area contributed by atoms with Crippen molar-refractivity contribution in [2.24, 2.45) is 5.73 Å². The van der Waals surface area contributed by atoms with Crippen molar-refractivity contribution in [2.75, 3.05) is 11.4 Å². The molecule has 5 heteroatoms. The number of amidine groups is 1.